The van der Waals surface area contributed by atoms with Crippen LogP contribution in [0, 0.1) is 11.8 Å². The van der Waals surface area contributed by atoms with E-state index in [0.29, 0.717) is 44.6 Å². The lowest BCUT2D eigenvalue weighted by Gasteiger charge is -2.34. The van der Waals surface area contributed by atoms with Crippen molar-refractivity contribution in [1.82, 2.24) is 15.0 Å². The molecule has 3 aromatic rings. The van der Waals surface area contributed by atoms with E-state index < -0.39 is 17.3 Å². The summed E-state index contributed by atoms with van der Waals surface area (Å²) < 4.78 is 8.56. The lowest BCUT2D eigenvalue weighted by molar-refractivity contribution is -0.146. The highest BCUT2D eigenvalue weighted by molar-refractivity contribution is 6.07. The van der Waals surface area contributed by atoms with Crippen LogP contribution in [0.25, 0.3) is 0 Å². The average molecular weight is 560 g/mol. The predicted octanol–water partition coefficient (Wildman–Crippen LogP) is 2.80. The number of fused-ring (bicyclic) bond motifs is 2. The molecule has 0 saturated carbocycles. The number of anilines is 2. The first-order valence-corrected chi connectivity index (χ1v) is 14.3. The van der Waals surface area contributed by atoms with Gasteiger partial charge in [-0.2, -0.15) is 0 Å². The van der Waals surface area contributed by atoms with Crippen molar-refractivity contribution in [1.29, 1.82) is 0 Å². The zero-order valence-corrected chi connectivity index (χ0v) is 23.7. The number of amides is 2. The second-order valence-electron chi connectivity index (χ2n) is 12.0. The number of carbonyl (C=O) groups excluding carboxylic acids is 2. The smallest absolute Gasteiger partial charge is 0.264 e. The van der Waals surface area contributed by atoms with Crippen LogP contribution in [0.5, 0.6) is 0 Å². The number of hydrogen-bond acceptors (Lipinski definition) is 7. The molecular weight excluding hydrogens is 522 g/mol. The normalized spacial score (nSPS) is 25.7. The van der Waals surface area contributed by atoms with Gasteiger partial charge >= 0.3 is 0 Å². The first-order valence-electron chi connectivity index (χ1n) is 14.3. The van der Waals surface area contributed by atoms with Crippen molar-refractivity contribution in [3.05, 3.63) is 71.5 Å². The van der Waals surface area contributed by atoms with Crippen LogP contribution in [0.15, 0.2) is 54.7 Å². The molecular formula is C31H37N5O5. The molecule has 3 aliphatic heterocycles. The van der Waals surface area contributed by atoms with Gasteiger partial charge in [0.25, 0.3) is 5.91 Å². The van der Waals surface area contributed by atoms with Gasteiger partial charge < -0.3 is 24.7 Å². The number of aliphatic hydroxyl groups is 2. The standard InChI is InChI=1S/C31H37N5O5/c1-20-28(30(2,3)40)26(11-14-34-19-22(13-16-37)32-33-34)41-31(20)24-9-4-5-10-25(24)36(29(31)39)18-21-7-6-8-23(17-21)35-15-12-27(35)38/h4-10,17,19-20,26,28,37,40H,11-16,18H2,1-3H3/t20-,26+,28-,31+/m0/s1. The fraction of sp³-hybridized carbons (Fsp3) is 0.484. The minimum Gasteiger partial charge on any atom is -0.396 e. The van der Waals surface area contributed by atoms with Crippen molar-refractivity contribution in [2.45, 2.75) is 70.4 Å². The van der Waals surface area contributed by atoms with Gasteiger partial charge in [0.15, 0.2) is 5.60 Å². The van der Waals surface area contributed by atoms with Crippen LogP contribution < -0.4 is 9.80 Å². The number of aryl methyl sites for hydroxylation is 1. The Morgan fingerprint density at radius 2 is 1.95 bits per heavy atom. The Bertz CT molecular complexity index is 1460. The number of carbonyl (C=O) groups is 2. The minimum atomic E-state index is -1.23. The molecule has 4 atom stereocenters. The molecule has 2 saturated heterocycles. The predicted molar refractivity (Wildman–Crippen MR) is 152 cm³/mol. The summed E-state index contributed by atoms with van der Waals surface area (Å²) in [5, 5.41) is 28.8. The van der Waals surface area contributed by atoms with Crippen molar-refractivity contribution < 1.29 is 24.5 Å². The topological polar surface area (TPSA) is 121 Å². The number of ether oxygens (including phenoxy) is 1. The van der Waals surface area contributed by atoms with Crippen molar-refractivity contribution >= 4 is 23.2 Å². The number of aliphatic hydroxyl groups excluding tert-OH is 1. The zero-order valence-electron chi connectivity index (χ0n) is 23.7. The molecule has 2 N–H and O–H groups in total. The summed E-state index contributed by atoms with van der Waals surface area (Å²) in [7, 11) is 0. The van der Waals surface area contributed by atoms with Gasteiger partial charge in [0, 0.05) is 61.8 Å². The van der Waals surface area contributed by atoms with Crippen molar-refractivity contribution in [3.63, 3.8) is 0 Å². The molecule has 4 heterocycles. The molecule has 41 heavy (non-hydrogen) atoms. The van der Waals surface area contributed by atoms with Gasteiger partial charge in [-0.25, -0.2) is 0 Å². The van der Waals surface area contributed by atoms with Gasteiger partial charge in [0.05, 0.1) is 29.6 Å². The maximum absolute atomic E-state index is 14.5. The number of rotatable bonds is 9. The van der Waals surface area contributed by atoms with Crippen molar-refractivity contribution in [2.75, 3.05) is 23.0 Å². The molecule has 2 aromatic carbocycles. The first kappa shape index (κ1) is 27.6. The van der Waals surface area contributed by atoms with Crippen LogP contribution >= 0.6 is 0 Å². The Morgan fingerprint density at radius 1 is 1.15 bits per heavy atom. The summed E-state index contributed by atoms with van der Waals surface area (Å²) >= 11 is 0. The maximum atomic E-state index is 14.5. The van der Waals surface area contributed by atoms with Gasteiger partial charge in [-0.15, -0.1) is 5.10 Å². The Kier molecular flexibility index (Phi) is 6.96. The molecule has 3 aliphatic rings. The molecule has 6 rings (SSSR count). The zero-order chi connectivity index (χ0) is 28.9. The van der Waals surface area contributed by atoms with E-state index in [9.17, 15) is 19.8 Å². The van der Waals surface area contributed by atoms with E-state index in [1.165, 1.54) is 0 Å². The lowest BCUT2D eigenvalue weighted by atomic mass is 9.71. The molecule has 0 bridgehead atoms. The highest BCUT2D eigenvalue weighted by Crippen LogP contribution is 2.58. The van der Waals surface area contributed by atoms with Gasteiger partial charge in [0.1, 0.15) is 0 Å². The first-order chi connectivity index (χ1) is 19.6. The van der Waals surface area contributed by atoms with Gasteiger partial charge in [-0.1, -0.05) is 42.5 Å². The fourth-order valence-electron chi connectivity index (χ4n) is 6.99. The number of benzene rings is 2. The summed E-state index contributed by atoms with van der Waals surface area (Å²) in [5.74, 6) is -0.659. The van der Waals surface area contributed by atoms with Crippen LogP contribution in [0.3, 0.4) is 0 Å². The third kappa shape index (κ3) is 4.64. The van der Waals surface area contributed by atoms with E-state index in [1.54, 1.807) is 28.3 Å². The van der Waals surface area contributed by atoms with Gasteiger partial charge in [0.2, 0.25) is 5.91 Å². The van der Waals surface area contributed by atoms with E-state index in [1.807, 2.05) is 61.7 Å². The van der Waals surface area contributed by atoms with E-state index in [0.717, 1.165) is 22.5 Å². The van der Waals surface area contributed by atoms with Gasteiger partial charge in [-0.05, 0) is 44.0 Å². The lowest BCUT2D eigenvalue weighted by Crippen LogP contribution is -2.46. The Labute approximate surface area is 239 Å². The molecule has 0 aliphatic carbocycles. The fourth-order valence-corrected chi connectivity index (χ4v) is 6.99. The Hall–Kier alpha value is -3.60. The quantitative estimate of drug-likeness (QED) is 0.387. The molecule has 0 radical (unpaired) electrons. The molecule has 0 unspecified atom stereocenters. The molecule has 1 aromatic heterocycles. The molecule has 10 heteroatoms. The highest BCUT2D eigenvalue weighted by Gasteiger charge is 2.65. The number of hydrogen-bond donors (Lipinski definition) is 2. The molecule has 216 valence electrons. The second kappa shape index (κ2) is 10.3. The van der Waals surface area contributed by atoms with Gasteiger partial charge in [-0.3, -0.25) is 14.3 Å². The molecule has 2 amide bonds. The molecule has 1 spiro atoms. The van der Waals surface area contributed by atoms with Crippen LogP contribution in [0.1, 0.15) is 50.4 Å². The SMILES string of the molecule is C[C@H]1[C@H](C(C)(C)O)[C@@H](CCn2cc(CCO)nn2)O[C@]12C(=O)N(Cc1cccc(N3CCC3=O)c1)c1ccccc12. The van der Waals surface area contributed by atoms with Crippen LogP contribution in [-0.4, -0.2) is 61.9 Å². The summed E-state index contributed by atoms with van der Waals surface area (Å²) in [5.41, 5.74) is 1.76. The molecule has 10 nitrogen and oxygen atoms in total. The second-order valence-corrected chi connectivity index (χ2v) is 12.0. The van der Waals surface area contributed by atoms with Crippen LogP contribution in [0.4, 0.5) is 11.4 Å². The van der Waals surface area contributed by atoms with Crippen molar-refractivity contribution in [3.8, 4) is 0 Å². The highest BCUT2D eigenvalue weighted by atomic mass is 16.5. The van der Waals surface area contributed by atoms with Crippen LogP contribution in [0.2, 0.25) is 0 Å². The number of nitrogens with zero attached hydrogens (tertiary/aromatic N) is 5. The number of β-lactam (4-membered cyclic amide) rings is 1. The average Bonchev–Trinajstić information content (AvgIpc) is 3.57. The summed E-state index contributed by atoms with van der Waals surface area (Å²) in [6.45, 7) is 7.12. The third-order valence-corrected chi connectivity index (χ3v) is 8.90. The Morgan fingerprint density at radius 3 is 2.66 bits per heavy atom. The van der Waals surface area contributed by atoms with Crippen molar-refractivity contribution in [2.24, 2.45) is 11.8 Å². The monoisotopic (exact) mass is 559 g/mol. The summed E-state index contributed by atoms with van der Waals surface area (Å²) in [4.78, 5) is 30.1. The largest absolute Gasteiger partial charge is 0.396 e. The number of para-hydroxylation sites is 1. The minimum absolute atomic E-state index is 0.00390. The Balaban J connectivity index is 1.31. The summed E-state index contributed by atoms with van der Waals surface area (Å²) in [6.07, 6.45) is 2.93. The molecule has 2 fully saturated rings. The number of aromatic nitrogens is 3. The summed E-state index contributed by atoms with van der Waals surface area (Å²) in [6, 6.07) is 15.5. The van der Waals surface area contributed by atoms with E-state index in [-0.39, 0.29) is 30.3 Å². The van der Waals surface area contributed by atoms with Crippen LogP contribution in [-0.2, 0) is 39.4 Å². The maximum Gasteiger partial charge on any atom is 0.264 e. The van der Waals surface area contributed by atoms with E-state index in [4.69, 9.17) is 4.74 Å². The third-order valence-electron chi connectivity index (χ3n) is 8.90. The van der Waals surface area contributed by atoms with E-state index in [2.05, 4.69) is 10.3 Å². The van der Waals surface area contributed by atoms with E-state index >= 15 is 0 Å².